The van der Waals surface area contributed by atoms with Crippen LogP contribution in [0.5, 0.6) is 0 Å². The molecule has 0 heterocycles. The van der Waals surface area contributed by atoms with Gasteiger partial charge in [0.05, 0.1) is 0 Å². The molecule has 0 bridgehead atoms. The Morgan fingerprint density at radius 1 is 1.53 bits per heavy atom. The quantitative estimate of drug-likeness (QED) is 0.680. The highest BCUT2D eigenvalue weighted by Crippen LogP contribution is 2.30. The van der Waals surface area contributed by atoms with Crippen LogP contribution in [-0.4, -0.2) is 46.7 Å². The average Bonchev–Trinajstić information content (AvgIpc) is 3.03. The molecule has 17 heavy (non-hydrogen) atoms. The predicted octanol–water partition coefficient (Wildman–Crippen LogP) is 1.70. The van der Waals surface area contributed by atoms with E-state index in [1.807, 2.05) is 6.92 Å². The summed E-state index contributed by atoms with van der Waals surface area (Å²) in [6.45, 7) is 9.72. The molecule has 1 rings (SSSR count). The van der Waals surface area contributed by atoms with Crippen LogP contribution in [0.25, 0.3) is 0 Å². The minimum absolute atomic E-state index is 0.313. The lowest BCUT2D eigenvalue weighted by atomic mass is 9.92. The zero-order valence-corrected chi connectivity index (χ0v) is 11.5. The molecule has 1 aliphatic rings. The topological polar surface area (TPSA) is 52.6 Å². The van der Waals surface area contributed by atoms with Crippen molar-refractivity contribution >= 4 is 5.97 Å². The lowest BCUT2D eigenvalue weighted by molar-refractivity contribution is -0.145. The van der Waals surface area contributed by atoms with Gasteiger partial charge in [0.25, 0.3) is 0 Å². The average molecular weight is 242 g/mol. The number of carboxylic acid groups (broad SMARTS) is 1. The van der Waals surface area contributed by atoms with Crippen molar-refractivity contribution in [1.29, 1.82) is 0 Å². The van der Waals surface area contributed by atoms with Crippen molar-refractivity contribution in [3.63, 3.8) is 0 Å². The highest BCUT2D eigenvalue weighted by atomic mass is 16.4. The van der Waals surface area contributed by atoms with Gasteiger partial charge in [-0.1, -0.05) is 13.8 Å². The number of nitrogens with zero attached hydrogens (tertiary/aromatic N) is 1. The van der Waals surface area contributed by atoms with E-state index in [1.54, 1.807) is 6.92 Å². The monoisotopic (exact) mass is 242 g/mol. The number of carboxylic acids is 1. The first kappa shape index (κ1) is 14.5. The Labute approximate surface area is 104 Å². The summed E-state index contributed by atoms with van der Waals surface area (Å²) in [4.78, 5) is 13.8. The van der Waals surface area contributed by atoms with Gasteiger partial charge in [0.15, 0.2) is 0 Å². The molecule has 0 aromatic heterocycles. The van der Waals surface area contributed by atoms with E-state index in [-0.39, 0.29) is 0 Å². The smallest absolute Gasteiger partial charge is 0.323 e. The van der Waals surface area contributed by atoms with Crippen LogP contribution < -0.4 is 5.32 Å². The summed E-state index contributed by atoms with van der Waals surface area (Å²) in [6.07, 6.45) is 3.19. The second kappa shape index (κ2) is 5.83. The van der Waals surface area contributed by atoms with Gasteiger partial charge in [-0.2, -0.15) is 0 Å². The van der Waals surface area contributed by atoms with Crippen LogP contribution in [0.3, 0.4) is 0 Å². The van der Waals surface area contributed by atoms with Crippen LogP contribution in [0.1, 0.15) is 47.0 Å². The Kier molecular flexibility index (Phi) is 4.95. The number of rotatable bonds is 8. The van der Waals surface area contributed by atoms with Crippen LogP contribution in [0, 0.1) is 0 Å². The summed E-state index contributed by atoms with van der Waals surface area (Å²) < 4.78 is 0. The maximum Gasteiger partial charge on any atom is 0.323 e. The fourth-order valence-electron chi connectivity index (χ4n) is 2.67. The van der Waals surface area contributed by atoms with Gasteiger partial charge < -0.3 is 10.4 Å². The summed E-state index contributed by atoms with van der Waals surface area (Å²) in [5.41, 5.74) is -0.809. The van der Waals surface area contributed by atoms with Crippen molar-refractivity contribution in [2.75, 3.05) is 13.1 Å². The molecule has 1 saturated carbocycles. The summed E-state index contributed by atoms with van der Waals surface area (Å²) in [7, 11) is 0. The molecule has 1 fully saturated rings. The van der Waals surface area contributed by atoms with Crippen LogP contribution in [0.15, 0.2) is 0 Å². The van der Waals surface area contributed by atoms with Gasteiger partial charge >= 0.3 is 5.97 Å². The first-order valence-corrected chi connectivity index (χ1v) is 6.68. The molecular formula is C13H26N2O2. The molecule has 1 aliphatic carbocycles. The van der Waals surface area contributed by atoms with Crippen molar-refractivity contribution in [2.45, 2.75) is 64.6 Å². The highest BCUT2D eigenvalue weighted by molar-refractivity contribution is 5.78. The van der Waals surface area contributed by atoms with Crippen molar-refractivity contribution in [3.8, 4) is 0 Å². The van der Waals surface area contributed by atoms with E-state index in [2.05, 4.69) is 24.1 Å². The number of hydrogen-bond donors (Lipinski definition) is 2. The third-order valence-electron chi connectivity index (χ3n) is 3.69. The lowest BCUT2D eigenvalue weighted by Crippen LogP contribution is -2.53. The summed E-state index contributed by atoms with van der Waals surface area (Å²) in [6, 6.07) is 1.00. The maximum atomic E-state index is 11.4. The molecule has 2 atom stereocenters. The molecule has 0 aliphatic heterocycles. The molecule has 4 nitrogen and oxygen atoms in total. The van der Waals surface area contributed by atoms with E-state index >= 15 is 0 Å². The Balaban J connectivity index is 2.62. The molecule has 0 spiro atoms. The van der Waals surface area contributed by atoms with Gasteiger partial charge in [-0.05, 0) is 46.2 Å². The fraction of sp³-hybridized carbons (Fsp3) is 0.923. The highest BCUT2D eigenvalue weighted by Gasteiger charge is 2.38. The van der Waals surface area contributed by atoms with Gasteiger partial charge in [-0.15, -0.1) is 0 Å². The van der Waals surface area contributed by atoms with Crippen molar-refractivity contribution < 1.29 is 9.90 Å². The third kappa shape index (κ3) is 3.68. The van der Waals surface area contributed by atoms with Crippen LogP contribution in [0.4, 0.5) is 0 Å². The molecular weight excluding hydrogens is 216 g/mol. The molecule has 4 heteroatoms. The number of aliphatic carboxylic acids is 1. The predicted molar refractivity (Wildman–Crippen MR) is 69.2 cm³/mol. The first-order valence-electron chi connectivity index (χ1n) is 6.68. The zero-order valence-electron chi connectivity index (χ0n) is 11.5. The molecule has 2 unspecified atom stereocenters. The molecule has 2 N–H and O–H groups in total. The Morgan fingerprint density at radius 2 is 2.12 bits per heavy atom. The van der Waals surface area contributed by atoms with Gasteiger partial charge in [0.2, 0.25) is 0 Å². The van der Waals surface area contributed by atoms with Crippen LogP contribution >= 0.6 is 0 Å². The van der Waals surface area contributed by atoms with Gasteiger partial charge in [0.1, 0.15) is 5.54 Å². The normalized spacial score (nSPS) is 21.2. The Morgan fingerprint density at radius 3 is 2.47 bits per heavy atom. The minimum Gasteiger partial charge on any atom is -0.480 e. The minimum atomic E-state index is -0.809. The van der Waals surface area contributed by atoms with E-state index in [1.165, 1.54) is 12.8 Å². The summed E-state index contributed by atoms with van der Waals surface area (Å²) in [5.74, 6) is -0.752. The third-order valence-corrected chi connectivity index (χ3v) is 3.69. The molecule has 100 valence electrons. The standard InChI is InChI=1S/C13H26N2O2/c1-5-14-13(4,12(16)17)9-10(3)15(6-2)11-7-8-11/h10-11,14H,5-9H2,1-4H3,(H,16,17). The number of nitrogens with one attached hydrogen (secondary N) is 1. The van der Waals surface area contributed by atoms with E-state index in [0.29, 0.717) is 25.0 Å². The molecule has 0 aromatic carbocycles. The van der Waals surface area contributed by atoms with Crippen molar-refractivity contribution in [2.24, 2.45) is 0 Å². The van der Waals surface area contributed by atoms with E-state index in [9.17, 15) is 9.90 Å². The van der Waals surface area contributed by atoms with E-state index in [0.717, 1.165) is 6.54 Å². The number of carbonyl (C=O) groups is 1. The van der Waals surface area contributed by atoms with E-state index < -0.39 is 11.5 Å². The van der Waals surface area contributed by atoms with Crippen molar-refractivity contribution in [1.82, 2.24) is 10.2 Å². The number of hydrogen-bond acceptors (Lipinski definition) is 3. The second-order valence-electron chi connectivity index (χ2n) is 5.28. The fourth-order valence-corrected chi connectivity index (χ4v) is 2.67. The Bertz CT molecular complexity index is 266. The lowest BCUT2D eigenvalue weighted by Gasteiger charge is -2.34. The summed E-state index contributed by atoms with van der Waals surface area (Å²) in [5, 5.41) is 12.4. The molecule has 0 saturated heterocycles. The van der Waals surface area contributed by atoms with Gasteiger partial charge in [0, 0.05) is 12.1 Å². The summed E-state index contributed by atoms with van der Waals surface area (Å²) >= 11 is 0. The zero-order chi connectivity index (χ0) is 13.1. The SMILES string of the molecule is CCNC(C)(CC(C)N(CC)C1CC1)C(=O)O. The maximum absolute atomic E-state index is 11.4. The van der Waals surface area contributed by atoms with Crippen LogP contribution in [0.2, 0.25) is 0 Å². The molecule has 0 radical (unpaired) electrons. The second-order valence-corrected chi connectivity index (χ2v) is 5.28. The largest absolute Gasteiger partial charge is 0.480 e. The van der Waals surface area contributed by atoms with Crippen LogP contribution in [-0.2, 0) is 4.79 Å². The number of likely N-dealkylation sites (N-methyl/N-ethyl adjacent to an activating group) is 1. The van der Waals surface area contributed by atoms with Gasteiger partial charge in [-0.25, -0.2) is 0 Å². The molecule has 0 amide bonds. The Hall–Kier alpha value is -0.610. The van der Waals surface area contributed by atoms with Crippen molar-refractivity contribution in [3.05, 3.63) is 0 Å². The van der Waals surface area contributed by atoms with E-state index in [4.69, 9.17) is 0 Å². The van der Waals surface area contributed by atoms with Gasteiger partial charge in [-0.3, -0.25) is 9.69 Å². The first-order chi connectivity index (χ1) is 7.94. The molecule has 0 aromatic rings.